The summed E-state index contributed by atoms with van der Waals surface area (Å²) in [5.41, 5.74) is 1.98. The van der Waals surface area contributed by atoms with Gasteiger partial charge in [0, 0.05) is 5.56 Å². The molecule has 2 aromatic carbocycles. The van der Waals surface area contributed by atoms with Crippen LogP contribution in [0.2, 0.25) is 0 Å². The number of carbonyl (C=O) groups is 1. The number of fused-ring (bicyclic) bond motifs is 1. The van der Waals surface area contributed by atoms with Gasteiger partial charge in [-0.15, -0.1) is 0 Å². The first kappa shape index (κ1) is 19.2. The molecule has 7 heteroatoms. The van der Waals surface area contributed by atoms with E-state index in [2.05, 4.69) is 10.3 Å². The van der Waals surface area contributed by atoms with E-state index >= 15 is 0 Å². The van der Waals surface area contributed by atoms with Gasteiger partial charge in [0.15, 0.2) is 23.0 Å². The fourth-order valence-corrected chi connectivity index (χ4v) is 3.86. The van der Waals surface area contributed by atoms with E-state index in [4.69, 9.17) is 18.9 Å². The highest BCUT2D eigenvalue weighted by atomic mass is 16.7. The summed E-state index contributed by atoms with van der Waals surface area (Å²) in [6.07, 6.45) is 1.57. The quantitative estimate of drug-likeness (QED) is 0.648. The summed E-state index contributed by atoms with van der Waals surface area (Å²) in [6, 6.07) is 16.9. The molecule has 0 bridgehead atoms. The van der Waals surface area contributed by atoms with Crippen molar-refractivity contribution in [1.29, 1.82) is 0 Å². The van der Waals surface area contributed by atoms with E-state index in [-0.39, 0.29) is 12.7 Å². The molecule has 2 heterocycles. The van der Waals surface area contributed by atoms with E-state index in [0.717, 1.165) is 29.7 Å². The monoisotopic (exact) mass is 418 g/mol. The first-order valence-electron chi connectivity index (χ1n) is 10.0. The summed E-state index contributed by atoms with van der Waals surface area (Å²) in [6.45, 7) is 0.213. The predicted molar refractivity (Wildman–Crippen MR) is 115 cm³/mol. The summed E-state index contributed by atoms with van der Waals surface area (Å²) in [5, 5.41) is 2.99. The van der Waals surface area contributed by atoms with Gasteiger partial charge in [-0.2, -0.15) is 0 Å². The molecule has 1 aliphatic heterocycles. The zero-order valence-corrected chi connectivity index (χ0v) is 17.3. The Morgan fingerprint density at radius 1 is 0.968 bits per heavy atom. The number of amides is 1. The maximum absolute atomic E-state index is 13.2. The Kier molecular flexibility index (Phi) is 4.66. The number of aromatic nitrogens is 1. The molecule has 0 unspecified atom stereocenters. The molecule has 1 aliphatic carbocycles. The minimum Gasteiger partial charge on any atom is -0.493 e. The number of hydrogen-bond acceptors (Lipinski definition) is 6. The van der Waals surface area contributed by atoms with Gasteiger partial charge in [-0.1, -0.05) is 12.1 Å². The Balaban J connectivity index is 1.38. The molecule has 0 spiro atoms. The van der Waals surface area contributed by atoms with E-state index < -0.39 is 5.41 Å². The van der Waals surface area contributed by atoms with Gasteiger partial charge in [0.25, 0.3) is 0 Å². The number of carbonyl (C=O) groups excluding carboxylic acids is 1. The summed E-state index contributed by atoms with van der Waals surface area (Å²) >= 11 is 0. The van der Waals surface area contributed by atoms with E-state index in [1.54, 1.807) is 20.3 Å². The third-order valence-corrected chi connectivity index (χ3v) is 5.78. The highest BCUT2D eigenvalue weighted by Gasteiger charge is 2.51. The molecule has 0 radical (unpaired) electrons. The van der Waals surface area contributed by atoms with Crippen molar-refractivity contribution in [2.75, 3.05) is 26.3 Å². The third-order valence-electron chi connectivity index (χ3n) is 5.78. The lowest BCUT2D eigenvalue weighted by atomic mass is 9.94. The van der Waals surface area contributed by atoms with Gasteiger partial charge < -0.3 is 24.3 Å². The zero-order valence-electron chi connectivity index (χ0n) is 17.3. The number of anilines is 1. The number of nitrogens with one attached hydrogen (secondary N) is 1. The number of pyridine rings is 1. The molecule has 1 N–H and O–H groups in total. The van der Waals surface area contributed by atoms with Crippen molar-refractivity contribution in [2.45, 2.75) is 18.3 Å². The first-order valence-corrected chi connectivity index (χ1v) is 10.0. The molecular formula is C24H22N2O5. The molecule has 0 atom stereocenters. The van der Waals surface area contributed by atoms with E-state index in [1.165, 1.54) is 0 Å². The molecule has 1 aromatic heterocycles. The average Bonchev–Trinajstić information content (AvgIpc) is 3.49. The number of rotatable bonds is 6. The molecule has 2 aliphatic rings. The first-order chi connectivity index (χ1) is 15.1. The average molecular weight is 418 g/mol. The Morgan fingerprint density at radius 3 is 2.55 bits per heavy atom. The minimum absolute atomic E-state index is 0.0664. The van der Waals surface area contributed by atoms with Crippen LogP contribution in [0.1, 0.15) is 18.4 Å². The summed E-state index contributed by atoms with van der Waals surface area (Å²) in [4.78, 5) is 17.8. The lowest BCUT2D eigenvalue weighted by Gasteiger charge is -2.16. The van der Waals surface area contributed by atoms with Crippen molar-refractivity contribution in [1.82, 2.24) is 4.98 Å². The van der Waals surface area contributed by atoms with Crippen molar-refractivity contribution in [3.8, 4) is 34.3 Å². The van der Waals surface area contributed by atoms with Crippen molar-refractivity contribution in [2.24, 2.45) is 0 Å². The molecule has 1 amide bonds. The molecule has 31 heavy (non-hydrogen) atoms. The van der Waals surface area contributed by atoms with Crippen molar-refractivity contribution in [3.63, 3.8) is 0 Å². The van der Waals surface area contributed by atoms with E-state index in [1.807, 2.05) is 48.5 Å². The molecule has 1 saturated carbocycles. The van der Waals surface area contributed by atoms with Gasteiger partial charge in [0.1, 0.15) is 5.82 Å². The lowest BCUT2D eigenvalue weighted by molar-refractivity contribution is -0.118. The van der Waals surface area contributed by atoms with Crippen LogP contribution in [0.3, 0.4) is 0 Å². The van der Waals surface area contributed by atoms with Crippen molar-refractivity contribution in [3.05, 3.63) is 60.2 Å². The highest BCUT2D eigenvalue weighted by Crippen LogP contribution is 2.51. The standard InChI is InChI=1S/C24H22N2O5/c1-28-18-8-6-15(12-20(18)29-2)17-4-3-5-22(25-17)26-23(27)24(10-11-24)16-7-9-19-21(13-16)31-14-30-19/h3-9,12-13H,10-11,14H2,1-2H3,(H,25,26,27). The maximum Gasteiger partial charge on any atom is 0.236 e. The molecule has 5 rings (SSSR count). The lowest BCUT2D eigenvalue weighted by Crippen LogP contribution is -2.28. The van der Waals surface area contributed by atoms with Crippen LogP contribution in [0, 0.1) is 0 Å². The number of methoxy groups -OCH3 is 2. The smallest absolute Gasteiger partial charge is 0.236 e. The fraction of sp³-hybridized carbons (Fsp3) is 0.250. The van der Waals surface area contributed by atoms with Crippen LogP contribution in [0.15, 0.2) is 54.6 Å². The predicted octanol–water partition coefficient (Wildman–Crippen LogP) is 4.16. The second-order valence-corrected chi connectivity index (χ2v) is 7.58. The van der Waals surface area contributed by atoms with E-state index in [0.29, 0.717) is 28.8 Å². The van der Waals surface area contributed by atoms with Gasteiger partial charge >= 0.3 is 0 Å². The third kappa shape index (κ3) is 3.42. The topological polar surface area (TPSA) is 78.9 Å². The van der Waals surface area contributed by atoms with Crippen LogP contribution in [0.4, 0.5) is 5.82 Å². The second kappa shape index (κ2) is 7.50. The maximum atomic E-state index is 13.2. The minimum atomic E-state index is -0.554. The Bertz CT molecular complexity index is 1160. The summed E-state index contributed by atoms with van der Waals surface area (Å²) in [7, 11) is 3.19. The van der Waals surface area contributed by atoms with Crippen LogP contribution in [0.25, 0.3) is 11.3 Å². The molecule has 158 valence electrons. The Labute approximate surface area is 179 Å². The van der Waals surface area contributed by atoms with Crippen LogP contribution in [-0.4, -0.2) is 31.9 Å². The number of benzene rings is 2. The molecule has 7 nitrogen and oxygen atoms in total. The highest BCUT2D eigenvalue weighted by molar-refractivity contribution is 6.01. The van der Waals surface area contributed by atoms with E-state index in [9.17, 15) is 4.79 Å². The normalized spacial score (nSPS) is 15.3. The number of ether oxygens (including phenoxy) is 4. The molecular weight excluding hydrogens is 396 g/mol. The Hall–Kier alpha value is -3.74. The zero-order chi connectivity index (χ0) is 21.4. The second-order valence-electron chi connectivity index (χ2n) is 7.58. The van der Waals surface area contributed by atoms with Crippen molar-refractivity contribution >= 4 is 11.7 Å². The summed E-state index contributed by atoms with van der Waals surface area (Å²) < 4.78 is 21.5. The van der Waals surface area contributed by atoms with Gasteiger partial charge in [-0.05, 0) is 60.9 Å². The molecule has 0 saturated heterocycles. The number of hydrogen-bond donors (Lipinski definition) is 1. The summed E-state index contributed by atoms with van der Waals surface area (Å²) in [5.74, 6) is 3.10. The number of nitrogens with zero attached hydrogens (tertiary/aromatic N) is 1. The SMILES string of the molecule is COc1ccc(-c2cccc(NC(=O)C3(c4ccc5c(c4)OCO5)CC3)n2)cc1OC. The van der Waals surface area contributed by atoms with Gasteiger partial charge in [-0.25, -0.2) is 4.98 Å². The van der Waals surface area contributed by atoms with Gasteiger partial charge in [0.05, 0.1) is 25.3 Å². The molecule has 3 aromatic rings. The van der Waals surface area contributed by atoms with Crippen molar-refractivity contribution < 1.29 is 23.7 Å². The Morgan fingerprint density at radius 2 is 1.77 bits per heavy atom. The fourth-order valence-electron chi connectivity index (χ4n) is 3.86. The van der Waals surface area contributed by atoms with Crippen LogP contribution in [0.5, 0.6) is 23.0 Å². The van der Waals surface area contributed by atoms with Crippen LogP contribution < -0.4 is 24.3 Å². The van der Waals surface area contributed by atoms with Crippen LogP contribution >= 0.6 is 0 Å². The van der Waals surface area contributed by atoms with Gasteiger partial charge in [-0.3, -0.25) is 4.79 Å². The largest absolute Gasteiger partial charge is 0.493 e. The molecule has 1 fully saturated rings. The van der Waals surface area contributed by atoms with Crippen LogP contribution in [-0.2, 0) is 10.2 Å². The van der Waals surface area contributed by atoms with Gasteiger partial charge in [0.2, 0.25) is 12.7 Å².